The Labute approximate surface area is 490 Å². The molecular weight excluding hydrogens is 1110 g/mol. The minimum atomic E-state index is -1.77. The first-order valence-electron chi connectivity index (χ1n) is 28.0. The number of aromatic hydroxyl groups is 1. The van der Waals surface area contributed by atoms with E-state index in [0.717, 1.165) is 19.3 Å². The number of likely N-dealkylation sites (N-methyl/N-ethyl adjacent to an activating group) is 1. The van der Waals surface area contributed by atoms with Crippen LogP contribution in [-0.2, 0) is 65.6 Å². The van der Waals surface area contributed by atoms with Crippen LogP contribution in [0.25, 0.3) is 0 Å². The van der Waals surface area contributed by atoms with E-state index in [1.807, 2.05) is 6.92 Å². The number of phenols is 1. The van der Waals surface area contributed by atoms with Crippen molar-refractivity contribution in [3.8, 4) is 5.75 Å². The average molecular weight is 1190 g/mol. The number of primary amides is 2. The van der Waals surface area contributed by atoms with Crippen LogP contribution in [0, 0.1) is 0 Å². The highest BCUT2D eigenvalue weighted by Gasteiger charge is 2.43. The van der Waals surface area contributed by atoms with Crippen LogP contribution in [-0.4, -0.2) is 172 Å². The number of carbonyl (C=O) groups is 11. The molecule has 2 aliphatic heterocycles. The van der Waals surface area contributed by atoms with Crippen LogP contribution in [0.1, 0.15) is 108 Å². The number of carbonyl (C=O) groups excluding carboxylic acids is 11. The molecule has 83 heavy (non-hydrogen) atoms. The molecule has 3 fully saturated rings. The fourth-order valence-corrected chi connectivity index (χ4v) is 13.4. The van der Waals surface area contributed by atoms with Gasteiger partial charge in [0.05, 0.1) is 13.0 Å². The maximum atomic E-state index is 15.1. The van der Waals surface area contributed by atoms with Gasteiger partial charge in [-0.15, -0.1) is 0 Å². The molecule has 0 aromatic heterocycles. The molecule has 7 atom stereocenters. The van der Waals surface area contributed by atoms with E-state index >= 15 is 4.79 Å². The van der Waals surface area contributed by atoms with Gasteiger partial charge in [0, 0.05) is 62.9 Å². The van der Waals surface area contributed by atoms with E-state index in [-0.39, 0.29) is 75.6 Å². The first-order valence-corrected chi connectivity index (χ1v) is 30.3. The Morgan fingerprint density at radius 3 is 2.10 bits per heavy atom. The number of amides is 11. The zero-order valence-electron chi connectivity index (χ0n) is 47.0. The van der Waals surface area contributed by atoms with Gasteiger partial charge < -0.3 is 75.1 Å². The number of aliphatic imine (C=N–C) groups is 1. The number of hydrogen-bond acceptors (Lipinski definition) is 15. The third kappa shape index (κ3) is 21.3. The standard InChI is InChI=1S/C55H80N14O12S2/c1-3-24-60-45(73)31-62-47(75)36(14-10-25-61-54(58)59)64-51(79)41-15-11-26-69(41)53(81)40-32-82-83-55(22-8-5-9-23-55)30-46(74)68(2)42(28-34-16-18-35(70)19-17-34)52(80)66-38(27-33-12-6-4-7-13-33)49(77)63-37(20-21-43(56)71)48(76)65-39(29-44(57)72)50(78)67-40/h4,6-7,12-13,16-19,36-42,70H,3,5,8-11,14-15,20-32H2,1-2H3,(H2,56,71)(H2,57,72)(H,60,73)(H,62,75)(H,63,77)(H,64,79)(H,65,76)(H,66,80)(H,67,78)(H4,58,59,61)/t36-,37-,38+,39+,40+,41-,42-/m0/s1. The van der Waals surface area contributed by atoms with Gasteiger partial charge in [0.2, 0.25) is 65.0 Å². The Morgan fingerprint density at radius 1 is 0.783 bits per heavy atom. The number of guanidine groups is 1. The predicted molar refractivity (Wildman–Crippen MR) is 312 cm³/mol. The fraction of sp³-hybridized carbons (Fsp3) is 0.564. The third-order valence-electron chi connectivity index (χ3n) is 14.5. The number of phenolic OH excluding ortho intramolecular Hbond substituents is 1. The smallest absolute Gasteiger partial charge is 0.246 e. The molecule has 454 valence electrons. The van der Waals surface area contributed by atoms with Gasteiger partial charge in [-0.25, -0.2) is 0 Å². The minimum absolute atomic E-state index is 0.0257. The number of rotatable bonds is 21. The van der Waals surface area contributed by atoms with E-state index in [1.165, 1.54) is 50.6 Å². The lowest BCUT2D eigenvalue weighted by Crippen LogP contribution is -2.61. The van der Waals surface area contributed by atoms with Gasteiger partial charge in [-0.3, -0.25) is 57.7 Å². The van der Waals surface area contributed by atoms with Crippen molar-refractivity contribution in [1.82, 2.24) is 47.0 Å². The lowest BCUT2D eigenvalue weighted by Gasteiger charge is -2.38. The third-order valence-corrected chi connectivity index (χ3v) is 17.8. The molecule has 16 N–H and O–H groups in total. The molecular formula is C55H80N14O12S2. The molecule has 2 heterocycles. The molecule has 0 radical (unpaired) electrons. The van der Waals surface area contributed by atoms with Gasteiger partial charge in [0.25, 0.3) is 0 Å². The molecule has 0 unspecified atom stereocenters. The van der Waals surface area contributed by atoms with Crippen LogP contribution in [0.5, 0.6) is 5.75 Å². The molecule has 2 aromatic rings. The lowest BCUT2D eigenvalue weighted by molar-refractivity contribution is -0.142. The molecule has 2 aromatic carbocycles. The van der Waals surface area contributed by atoms with E-state index in [2.05, 4.69) is 42.2 Å². The minimum Gasteiger partial charge on any atom is -0.508 e. The second-order valence-electron chi connectivity index (χ2n) is 21.1. The summed E-state index contributed by atoms with van der Waals surface area (Å²) in [7, 11) is 4.02. The van der Waals surface area contributed by atoms with Crippen LogP contribution in [0.15, 0.2) is 59.6 Å². The zero-order chi connectivity index (χ0) is 60.6. The summed E-state index contributed by atoms with van der Waals surface area (Å²) in [6, 6.07) is 4.91. The SMILES string of the molecule is CCCNC(=O)CNC(=O)[C@H](CCCN=C(N)N)NC(=O)[C@@H]1CCCN1C(=O)[C@H]1CSSC2(CCCCC2)CC(=O)N(C)[C@@H](Cc2ccc(O)cc2)C(=O)N[C@H](Cc2ccccc2)C(=O)N[C@@H](CCC(N)=O)C(=O)N[C@H](CC(N)=O)C(=O)N1. The summed E-state index contributed by atoms with van der Waals surface area (Å²) < 4.78 is -0.756. The van der Waals surface area contributed by atoms with Gasteiger partial charge in [0.1, 0.15) is 48.0 Å². The Morgan fingerprint density at radius 2 is 1.43 bits per heavy atom. The Balaban J connectivity index is 1.54. The van der Waals surface area contributed by atoms with Crippen LogP contribution in [0.3, 0.4) is 0 Å². The van der Waals surface area contributed by atoms with Gasteiger partial charge >= 0.3 is 0 Å². The molecule has 11 amide bonds. The zero-order valence-corrected chi connectivity index (χ0v) is 48.6. The maximum Gasteiger partial charge on any atom is 0.246 e. The molecule has 1 saturated carbocycles. The molecule has 5 rings (SSSR count). The number of nitrogens with two attached hydrogens (primary N) is 4. The second kappa shape index (κ2) is 32.9. The average Bonchev–Trinajstić information content (AvgIpc) is 4.23. The first-order chi connectivity index (χ1) is 39.6. The fourth-order valence-electron chi connectivity index (χ4n) is 9.99. The van der Waals surface area contributed by atoms with Crippen LogP contribution < -0.4 is 60.2 Å². The number of hydrogen-bond donors (Lipinski definition) is 12. The molecule has 26 nitrogen and oxygen atoms in total. The highest BCUT2D eigenvalue weighted by atomic mass is 33.1. The number of nitrogens with zero attached hydrogens (tertiary/aromatic N) is 3. The van der Waals surface area contributed by atoms with Gasteiger partial charge in [-0.05, 0) is 74.6 Å². The summed E-state index contributed by atoms with van der Waals surface area (Å²) in [6.07, 6.45) is 3.05. The first kappa shape index (κ1) is 66.2. The topological polar surface area (TPSA) is 415 Å². The van der Waals surface area contributed by atoms with Crippen molar-refractivity contribution in [2.24, 2.45) is 27.9 Å². The summed E-state index contributed by atoms with van der Waals surface area (Å²) in [5.74, 6) is -8.96. The van der Waals surface area contributed by atoms with Gasteiger partial charge in [0.15, 0.2) is 5.96 Å². The van der Waals surface area contributed by atoms with E-state index in [1.54, 1.807) is 42.5 Å². The van der Waals surface area contributed by atoms with Crippen molar-refractivity contribution >= 4 is 92.5 Å². The number of nitrogens with one attached hydrogen (secondary N) is 7. The monoisotopic (exact) mass is 1190 g/mol. The lowest BCUT2D eigenvalue weighted by atomic mass is 9.85. The summed E-state index contributed by atoms with van der Waals surface area (Å²) in [4.78, 5) is 160. The maximum absolute atomic E-state index is 15.1. The largest absolute Gasteiger partial charge is 0.508 e. The molecule has 1 spiro atoms. The van der Waals surface area contributed by atoms with Crippen LogP contribution in [0.4, 0.5) is 0 Å². The van der Waals surface area contributed by atoms with E-state index in [0.29, 0.717) is 43.4 Å². The van der Waals surface area contributed by atoms with Crippen molar-refractivity contribution in [2.75, 3.05) is 39.0 Å². The summed E-state index contributed by atoms with van der Waals surface area (Å²) in [5, 5.41) is 28.6. The number of benzene rings is 2. The van der Waals surface area contributed by atoms with Crippen molar-refractivity contribution in [3.05, 3.63) is 65.7 Å². The molecule has 1 aliphatic carbocycles. The molecule has 28 heteroatoms. The Kier molecular flexibility index (Phi) is 26.2. The van der Waals surface area contributed by atoms with Crippen LogP contribution >= 0.6 is 21.6 Å². The molecule has 2 saturated heterocycles. The Bertz CT molecular complexity index is 2640. The van der Waals surface area contributed by atoms with Gasteiger partial charge in [-0.2, -0.15) is 0 Å². The molecule has 3 aliphatic rings. The Hall–Kier alpha value is -7.62. The highest BCUT2D eigenvalue weighted by molar-refractivity contribution is 8.77. The normalized spacial score (nSPS) is 22.4. The van der Waals surface area contributed by atoms with Crippen LogP contribution in [0.2, 0.25) is 0 Å². The van der Waals surface area contributed by atoms with E-state index < -0.39 is 131 Å². The quantitative estimate of drug-likeness (QED) is 0.0301. The summed E-state index contributed by atoms with van der Waals surface area (Å²) in [5.41, 5.74) is 23.3. The van der Waals surface area contributed by atoms with E-state index in [4.69, 9.17) is 22.9 Å². The van der Waals surface area contributed by atoms with Crippen molar-refractivity contribution < 1.29 is 57.8 Å². The van der Waals surface area contributed by atoms with E-state index in [9.17, 15) is 53.1 Å². The highest BCUT2D eigenvalue weighted by Crippen LogP contribution is 2.49. The number of likely N-dealkylation sites (tertiary alicyclic amines) is 1. The summed E-state index contributed by atoms with van der Waals surface area (Å²) >= 11 is 0. The van der Waals surface area contributed by atoms with Crippen molar-refractivity contribution in [1.29, 1.82) is 0 Å². The molecule has 0 bridgehead atoms. The van der Waals surface area contributed by atoms with Gasteiger partial charge in [-0.1, -0.05) is 90.2 Å². The summed E-state index contributed by atoms with van der Waals surface area (Å²) in [6.45, 7) is 2.04. The van der Waals surface area contributed by atoms with Crippen molar-refractivity contribution in [3.63, 3.8) is 0 Å². The van der Waals surface area contributed by atoms with Crippen molar-refractivity contribution in [2.45, 2.75) is 157 Å². The second-order valence-corrected chi connectivity index (χ2v) is 23.9. The predicted octanol–water partition coefficient (Wildman–Crippen LogP) is -1.26.